The molecule has 0 spiro atoms. The van der Waals surface area contributed by atoms with Crippen LogP contribution in [-0.2, 0) is 4.79 Å². The number of anilines is 1. The van der Waals surface area contributed by atoms with Gasteiger partial charge in [-0.05, 0) is 44.0 Å². The summed E-state index contributed by atoms with van der Waals surface area (Å²) in [5.74, 6) is 0.126. The second-order valence-corrected chi connectivity index (χ2v) is 7.48. The molecule has 0 unspecified atom stereocenters. The molecule has 6 heteroatoms. The quantitative estimate of drug-likeness (QED) is 0.609. The van der Waals surface area contributed by atoms with Crippen LogP contribution in [0, 0.1) is 0 Å². The molecule has 0 aromatic heterocycles. The molecule has 3 rings (SSSR count). The number of Topliss-reactive ketones (excluding diaryl/α,β-unsaturated/α-hetero) is 1. The standard InChI is InChI=1S/C21H22N2O3S/c1-15(24)16-7-6-8-17(13-16)22-21(26)18-9-2-3-10-19(18)27-14-20(25)23-11-4-5-12-23/h2-3,6-10,13H,4-5,11-12,14H2,1H3,(H,22,26). The molecule has 1 N–H and O–H groups in total. The molecule has 2 aromatic rings. The highest BCUT2D eigenvalue weighted by atomic mass is 32.2. The molecule has 0 saturated carbocycles. The number of likely N-dealkylation sites (tertiary alicyclic amines) is 1. The summed E-state index contributed by atoms with van der Waals surface area (Å²) in [7, 11) is 0. The molecule has 5 nitrogen and oxygen atoms in total. The van der Waals surface area contributed by atoms with Gasteiger partial charge in [-0.1, -0.05) is 24.3 Å². The zero-order chi connectivity index (χ0) is 19.2. The summed E-state index contributed by atoms with van der Waals surface area (Å²) >= 11 is 1.38. The van der Waals surface area contributed by atoms with Crippen LogP contribution < -0.4 is 5.32 Å². The van der Waals surface area contributed by atoms with Crippen LogP contribution in [0.2, 0.25) is 0 Å². The summed E-state index contributed by atoms with van der Waals surface area (Å²) in [6.07, 6.45) is 2.13. The van der Waals surface area contributed by atoms with Crippen molar-refractivity contribution in [3.63, 3.8) is 0 Å². The van der Waals surface area contributed by atoms with Gasteiger partial charge >= 0.3 is 0 Å². The van der Waals surface area contributed by atoms with E-state index in [1.165, 1.54) is 18.7 Å². The van der Waals surface area contributed by atoms with Crippen LogP contribution in [0.5, 0.6) is 0 Å². The number of ketones is 1. The van der Waals surface area contributed by atoms with Gasteiger partial charge in [0.25, 0.3) is 5.91 Å². The summed E-state index contributed by atoms with van der Waals surface area (Å²) in [6.45, 7) is 3.15. The van der Waals surface area contributed by atoms with Crippen molar-refractivity contribution in [2.24, 2.45) is 0 Å². The number of thioether (sulfide) groups is 1. The van der Waals surface area contributed by atoms with E-state index in [1.807, 2.05) is 17.0 Å². The Labute approximate surface area is 163 Å². The van der Waals surface area contributed by atoms with Crippen LogP contribution in [0.25, 0.3) is 0 Å². The zero-order valence-electron chi connectivity index (χ0n) is 15.2. The molecule has 0 atom stereocenters. The second kappa shape index (κ2) is 8.86. The van der Waals surface area contributed by atoms with Crippen LogP contribution in [0.1, 0.15) is 40.5 Å². The third-order valence-electron chi connectivity index (χ3n) is 4.47. The lowest BCUT2D eigenvalue weighted by Gasteiger charge is -2.15. The molecule has 0 radical (unpaired) electrons. The molecule has 0 aliphatic carbocycles. The maximum absolute atomic E-state index is 12.7. The number of hydrogen-bond acceptors (Lipinski definition) is 4. The molecule has 2 amide bonds. The third kappa shape index (κ3) is 4.98. The summed E-state index contributed by atoms with van der Waals surface area (Å²) < 4.78 is 0. The fourth-order valence-electron chi connectivity index (χ4n) is 2.99. The first kappa shape index (κ1) is 19.2. The van der Waals surface area contributed by atoms with Gasteiger partial charge in [0.1, 0.15) is 0 Å². The molecule has 2 aromatic carbocycles. The first-order valence-electron chi connectivity index (χ1n) is 8.96. The van der Waals surface area contributed by atoms with E-state index in [0.717, 1.165) is 30.8 Å². The molecule has 1 saturated heterocycles. The van der Waals surface area contributed by atoms with Gasteiger partial charge in [-0.25, -0.2) is 0 Å². The number of carbonyl (C=O) groups excluding carboxylic acids is 3. The largest absolute Gasteiger partial charge is 0.342 e. The Bertz CT molecular complexity index is 860. The van der Waals surface area contributed by atoms with Crippen molar-refractivity contribution in [1.82, 2.24) is 4.90 Å². The van der Waals surface area contributed by atoms with E-state index in [9.17, 15) is 14.4 Å². The fraction of sp³-hybridized carbons (Fsp3) is 0.286. The van der Waals surface area contributed by atoms with Crippen LogP contribution >= 0.6 is 11.8 Å². The summed E-state index contributed by atoms with van der Waals surface area (Å²) in [5.41, 5.74) is 1.64. The number of nitrogens with one attached hydrogen (secondary N) is 1. The van der Waals surface area contributed by atoms with Gasteiger partial charge in [0.05, 0.1) is 11.3 Å². The monoisotopic (exact) mass is 382 g/mol. The third-order valence-corrected chi connectivity index (χ3v) is 5.53. The predicted molar refractivity (Wildman–Crippen MR) is 107 cm³/mol. The van der Waals surface area contributed by atoms with Gasteiger partial charge in [0.2, 0.25) is 5.91 Å². The van der Waals surface area contributed by atoms with Crippen molar-refractivity contribution in [3.8, 4) is 0 Å². The van der Waals surface area contributed by atoms with E-state index >= 15 is 0 Å². The summed E-state index contributed by atoms with van der Waals surface area (Å²) in [4.78, 5) is 39.1. The Kier molecular flexibility index (Phi) is 6.29. The van der Waals surface area contributed by atoms with E-state index in [4.69, 9.17) is 0 Å². The van der Waals surface area contributed by atoms with E-state index in [0.29, 0.717) is 22.6 Å². The first-order chi connectivity index (χ1) is 13.0. The van der Waals surface area contributed by atoms with Crippen LogP contribution in [-0.4, -0.2) is 41.3 Å². The number of rotatable bonds is 6. The van der Waals surface area contributed by atoms with Gasteiger partial charge in [-0.15, -0.1) is 11.8 Å². The minimum Gasteiger partial charge on any atom is -0.342 e. The minimum atomic E-state index is -0.257. The first-order valence-corrected chi connectivity index (χ1v) is 9.95. The molecule has 1 heterocycles. The van der Waals surface area contributed by atoms with Crippen molar-refractivity contribution in [3.05, 3.63) is 59.7 Å². The van der Waals surface area contributed by atoms with E-state index < -0.39 is 0 Å². The topological polar surface area (TPSA) is 66.5 Å². The molecule has 27 heavy (non-hydrogen) atoms. The normalized spacial score (nSPS) is 13.4. The lowest BCUT2D eigenvalue weighted by atomic mass is 10.1. The molecular formula is C21H22N2O3S. The van der Waals surface area contributed by atoms with Gasteiger partial charge in [0.15, 0.2) is 5.78 Å². The predicted octanol–water partition coefficient (Wildman–Crippen LogP) is 3.86. The van der Waals surface area contributed by atoms with Crippen LogP contribution in [0.4, 0.5) is 5.69 Å². The zero-order valence-corrected chi connectivity index (χ0v) is 16.1. The highest BCUT2D eigenvalue weighted by molar-refractivity contribution is 8.00. The van der Waals surface area contributed by atoms with E-state index in [-0.39, 0.29) is 17.6 Å². The Hall–Kier alpha value is -2.60. The molecule has 140 valence electrons. The van der Waals surface area contributed by atoms with Crippen molar-refractivity contribution < 1.29 is 14.4 Å². The lowest BCUT2D eigenvalue weighted by Crippen LogP contribution is -2.29. The van der Waals surface area contributed by atoms with Crippen LogP contribution in [0.15, 0.2) is 53.4 Å². The average Bonchev–Trinajstić information content (AvgIpc) is 3.21. The molecule has 1 aliphatic rings. The van der Waals surface area contributed by atoms with Gasteiger partial charge < -0.3 is 10.2 Å². The molecule has 0 bridgehead atoms. The number of hydrogen-bond donors (Lipinski definition) is 1. The Balaban J connectivity index is 1.69. The number of benzene rings is 2. The van der Waals surface area contributed by atoms with E-state index in [2.05, 4.69) is 5.32 Å². The second-order valence-electron chi connectivity index (χ2n) is 6.46. The van der Waals surface area contributed by atoms with Gasteiger partial charge in [0, 0.05) is 29.2 Å². The van der Waals surface area contributed by atoms with Crippen molar-refractivity contribution in [2.75, 3.05) is 24.2 Å². The summed E-state index contributed by atoms with van der Waals surface area (Å²) in [5, 5.41) is 2.84. The van der Waals surface area contributed by atoms with Gasteiger partial charge in [-0.2, -0.15) is 0 Å². The summed E-state index contributed by atoms with van der Waals surface area (Å²) in [6, 6.07) is 14.1. The Morgan fingerprint density at radius 2 is 1.78 bits per heavy atom. The molecule has 1 fully saturated rings. The van der Waals surface area contributed by atoms with Crippen molar-refractivity contribution in [1.29, 1.82) is 0 Å². The van der Waals surface area contributed by atoms with Gasteiger partial charge in [-0.3, -0.25) is 14.4 Å². The molecular weight excluding hydrogens is 360 g/mol. The Morgan fingerprint density at radius 1 is 1.04 bits per heavy atom. The SMILES string of the molecule is CC(=O)c1cccc(NC(=O)c2ccccc2SCC(=O)N2CCCC2)c1. The Morgan fingerprint density at radius 3 is 2.52 bits per heavy atom. The number of amides is 2. The lowest BCUT2D eigenvalue weighted by molar-refractivity contribution is -0.127. The maximum atomic E-state index is 12.7. The highest BCUT2D eigenvalue weighted by Gasteiger charge is 2.19. The highest BCUT2D eigenvalue weighted by Crippen LogP contribution is 2.25. The average molecular weight is 382 g/mol. The number of nitrogens with zero attached hydrogens (tertiary/aromatic N) is 1. The molecule has 1 aliphatic heterocycles. The van der Waals surface area contributed by atoms with Crippen molar-refractivity contribution in [2.45, 2.75) is 24.7 Å². The van der Waals surface area contributed by atoms with Crippen LogP contribution in [0.3, 0.4) is 0 Å². The van der Waals surface area contributed by atoms with Crippen molar-refractivity contribution >= 4 is 35.0 Å². The number of carbonyl (C=O) groups is 3. The fourth-order valence-corrected chi connectivity index (χ4v) is 3.94. The minimum absolute atomic E-state index is 0.0533. The smallest absolute Gasteiger partial charge is 0.256 e. The maximum Gasteiger partial charge on any atom is 0.256 e. The van der Waals surface area contributed by atoms with E-state index in [1.54, 1.807) is 36.4 Å².